The van der Waals surface area contributed by atoms with E-state index in [2.05, 4.69) is 10.1 Å². The summed E-state index contributed by atoms with van der Waals surface area (Å²) in [5.74, 6) is 0.833. The van der Waals surface area contributed by atoms with Crippen LogP contribution < -0.4 is 15.4 Å². The molecule has 4 heterocycles. The quantitative estimate of drug-likeness (QED) is 0.781. The zero-order valence-corrected chi connectivity index (χ0v) is 15.2. The van der Waals surface area contributed by atoms with Gasteiger partial charge in [-0.25, -0.2) is 0 Å². The van der Waals surface area contributed by atoms with Crippen molar-refractivity contribution in [1.82, 2.24) is 14.7 Å². The van der Waals surface area contributed by atoms with E-state index < -0.39 is 17.8 Å². The number of aromatic nitrogens is 3. The molecule has 2 aromatic rings. The lowest BCUT2D eigenvalue weighted by molar-refractivity contribution is -0.171. The van der Waals surface area contributed by atoms with E-state index in [0.29, 0.717) is 31.3 Å². The van der Waals surface area contributed by atoms with Gasteiger partial charge in [-0.1, -0.05) is 5.16 Å². The molecule has 0 bridgehead atoms. The number of ether oxygens (including phenoxy) is 1. The van der Waals surface area contributed by atoms with E-state index in [0.717, 1.165) is 4.57 Å². The van der Waals surface area contributed by atoms with Crippen LogP contribution in [0.2, 0.25) is 0 Å². The molecule has 0 aliphatic carbocycles. The van der Waals surface area contributed by atoms with Gasteiger partial charge in [0.1, 0.15) is 11.9 Å². The van der Waals surface area contributed by atoms with Crippen LogP contribution in [0.3, 0.4) is 0 Å². The second-order valence-corrected chi connectivity index (χ2v) is 6.99. The molecule has 0 radical (unpaired) electrons. The van der Waals surface area contributed by atoms with Gasteiger partial charge in [-0.3, -0.25) is 9.36 Å². The van der Waals surface area contributed by atoms with E-state index in [-0.39, 0.29) is 31.5 Å². The van der Waals surface area contributed by atoms with Crippen molar-refractivity contribution in [3.8, 4) is 0 Å². The lowest BCUT2D eigenvalue weighted by atomic mass is 10.1. The van der Waals surface area contributed by atoms with Gasteiger partial charge in [-0.05, 0) is 13.3 Å². The highest BCUT2D eigenvalue weighted by molar-refractivity contribution is 5.47. The van der Waals surface area contributed by atoms with Crippen molar-refractivity contribution in [2.24, 2.45) is 0 Å². The highest BCUT2D eigenvalue weighted by Gasteiger charge is 2.45. The summed E-state index contributed by atoms with van der Waals surface area (Å²) in [4.78, 5) is 20.7. The molecule has 2 aliphatic heterocycles. The lowest BCUT2D eigenvalue weighted by Crippen LogP contribution is -2.48. The molecular weight excluding hydrogens is 379 g/mol. The van der Waals surface area contributed by atoms with Gasteiger partial charge in [-0.15, -0.1) is 0 Å². The molecule has 0 N–H and O–H groups in total. The average molecular weight is 399 g/mol. The fraction of sp³-hybridized carbons (Fsp3) is 0.588. The summed E-state index contributed by atoms with van der Waals surface area (Å²) in [5.41, 5.74) is -0.719. The molecule has 0 amide bonds. The zero-order chi connectivity index (χ0) is 19.9. The molecule has 0 saturated carbocycles. The minimum absolute atomic E-state index is 0.00818. The molecule has 8 nitrogen and oxygen atoms in total. The van der Waals surface area contributed by atoms with Gasteiger partial charge in [0.15, 0.2) is 5.76 Å². The van der Waals surface area contributed by atoms with Crippen LogP contribution in [0.4, 0.5) is 24.9 Å². The Labute approximate surface area is 158 Å². The molecule has 0 spiro atoms. The summed E-state index contributed by atoms with van der Waals surface area (Å²) < 4.78 is 51.9. The highest BCUT2D eigenvalue weighted by atomic mass is 19.4. The van der Waals surface area contributed by atoms with Crippen molar-refractivity contribution >= 4 is 11.8 Å². The summed E-state index contributed by atoms with van der Waals surface area (Å²) in [5, 5.41) is 3.62. The van der Waals surface area contributed by atoms with Crippen LogP contribution >= 0.6 is 0 Å². The van der Waals surface area contributed by atoms with Crippen molar-refractivity contribution in [2.75, 3.05) is 36.1 Å². The first kappa shape index (κ1) is 18.8. The summed E-state index contributed by atoms with van der Waals surface area (Å²) in [6.45, 7) is 3.65. The smallest absolute Gasteiger partial charge is 0.377 e. The third-order valence-electron chi connectivity index (χ3n) is 5.06. The molecule has 2 atom stereocenters. The Kier molecular flexibility index (Phi) is 4.77. The number of alkyl halides is 3. The minimum atomic E-state index is -4.54. The Morgan fingerprint density at radius 1 is 1.32 bits per heavy atom. The van der Waals surface area contributed by atoms with Crippen molar-refractivity contribution in [3.05, 3.63) is 34.4 Å². The maximum atomic E-state index is 13.6. The predicted octanol–water partition coefficient (Wildman–Crippen LogP) is 1.97. The van der Waals surface area contributed by atoms with Crippen LogP contribution in [-0.4, -0.2) is 53.2 Å². The Morgan fingerprint density at radius 3 is 2.82 bits per heavy atom. The highest BCUT2D eigenvalue weighted by Crippen LogP contribution is 2.38. The topological polar surface area (TPSA) is 76.6 Å². The third-order valence-corrected chi connectivity index (χ3v) is 5.06. The molecule has 1 saturated heterocycles. The standard InChI is InChI=1S/C17H20F3N5O3/c1-11-10-27-7-6-24(11)14-8-15(26)25-13(17(18,19)20)3-5-23(16(25)22-14)9-12-2-4-21-28-12/h2,4,8,11,13H,3,5-7,9-10H2,1H3/t11-,13?/m1/s1. The number of hydrogen-bond donors (Lipinski definition) is 0. The maximum Gasteiger partial charge on any atom is 0.409 e. The van der Waals surface area contributed by atoms with E-state index in [1.54, 1.807) is 11.0 Å². The van der Waals surface area contributed by atoms with E-state index in [1.165, 1.54) is 12.3 Å². The molecule has 152 valence electrons. The molecule has 2 aliphatic rings. The Bertz CT molecular complexity index is 883. The summed E-state index contributed by atoms with van der Waals surface area (Å²) in [7, 11) is 0. The number of anilines is 2. The lowest BCUT2D eigenvalue weighted by Gasteiger charge is -2.38. The van der Waals surface area contributed by atoms with Crippen molar-refractivity contribution in [3.63, 3.8) is 0 Å². The maximum absolute atomic E-state index is 13.6. The van der Waals surface area contributed by atoms with Crippen LogP contribution in [0.5, 0.6) is 0 Å². The van der Waals surface area contributed by atoms with Gasteiger partial charge in [0.2, 0.25) is 5.95 Å². The minimum Gasteiger partial charge on any atom is -0.377 e. The molecule has 2 aromatic heterocycles. The molecule has 11 heteroatoms. The Hall–Kier alpha value is -2.56. The van der Waals surface area contributed by atoms with Crippen LogP contribution in [0, 0.1) is 0 Å². The predicted molar refractivity (Wildman–Crippen MR) is 93.4 cm³/mol. The second-order valence-electron chi connectivity index (χ2n) is 6.99. The first-order valence-corrected chi connectivity index (χ1v) is 9.04. The fourth-order valence-corrected chi connectivity index (χ4v) is 3.68. The van der Waals surface area contributed by atoms with E-state index in [1.807, 2.05) is 11.8 Å². The summed E-state index contributed by atoms with van der Waals surface area (Å²) in [6, 6.07) is 0.881. The first-order chi connectivity index (χ1) is 13.3. The van der Waals surface area contributed by atoms with Gasteiger partial charge >= 0.3 is 6.18 Å². The summed E-state index contributed by atoms with van der Waals surface area (Å²) in [6.07, 6.45) is -3.31. The van der Waals surface area contributed by atoms with Gasteiger partial charge < -0.3 is 19.1 Å². The van der Waals surface area contributed by atoms with E-state index >= 15 is 0 Å². The number of morpholine rings is 1. The number of rotatable bonds is 3. The van der Waals surface area contributed by atoms with Crippen molar-refractivity contribution in [1.29, 1.82) is 0 Å². The SMILES string of the molecule is C[C@@H]1COCCN1c1cc(=O)n2c(n1)N(Cc1ccno1)CCC2C(F)(F)F. The van der Waals surface area contributed by atoms with Crippen LogP contribution in [-0.2, 0) is 11.3 Å². The molecule has 0 aromatic carbocycles. The molecule has 1 fully saturated rings. The Balaban J connectivity index is 1.78. The van der Waals surface area contributed by atoms with E-state index in [4.69, 9.17) is 9.26 Å². The van der Waals surface area contributed by atoms with Gasteiger partial charge in [-0.2, -0.15) is 18.2 Å². The number of hydrogen-bond acceptors (Lipinski definition) is 7. The van der Waals surface area contributed by atoms with E-state index in [9.17, 15) is 18.0 Å². The van der Waals surface area contributed by atoms with Crippen LogP contribution in [0.1, 0.15) is 25.1 Å². The molecular formula is C17H20F3N5O3. The average Bonchev–Trinajstić information content (AvgIpc) is 3.14. The van der Waals surface area contributed by atoms with Gasteiger partial charge in [0, 0.05) is 25.2 Å². The normalized spacial score (nSPS) is 23.0. The molecule has 1 unspecified atom stereocenters. The van der Waals surface area contributed by atoms with Gasteiger partial charge in [0.25, 0.3) is 5.56 Å². The molecule has 28 heavy (non-hydrogen) atoms. The summed E-state index contributed by atoms with van der Waals surface area (Å²) >= 11 is 0. The molecule has 4 rings (SSSR count). The number of nitrogens with zero attached hydrogens (tertiary/aromatic N) is 5. The van der Waals surface area contributed by atoms with Crippen molar-refractivity contribution < 1.29 is 22.4 Å². The van der Waals surface area contributed by atoms with Crippen LogP contribution in [0.25, 0.3) is 0 Å². The first-order valence-electron chi connectivity index (χ1n) is 9.04. The second kappa shape index (κ2) is 7.12. The van der Waals surface area contributed by atoms with Crippen molar-refractivity contribution in [2.45, 2.75) is 38.1 Å². The fourth-order valence-electron chi connectivity index (χ4n) is 3.68. The zero-order valence-electron chi connectivity index (χ0n) is 15.2. The number of halogens is 3. The van der Waals surface area contributed by atoms with Crippen LogP contribution in [0.15, 0.2) is 27.6 Å². The third kappa shape index (κ3) is 3.46. The Morgan fingerprint density at radius 2 is 2.14 bits per heavy atom. The van der Waals surface area contributed by atoms with Gasteiger partial charge in [0.05, 0.1) is 32.0 Å². The largest absolute Gasteiger partial charge is 0.409 e. The number of fused-ring (bicyclic) bond motifs is 1. The monoisotopic (exact) mass is 399 g/mol.